The Morgan fingerprint density at radius 2 is 2.08 bits per heavy atom. The minimum Gasteiger partial charge on any atom is -0.497 e. The van der Waals surface area contributed by atoms with Gasteiger partial charge in [0.05, 0.1) is 25.2 Å². The highest BCUT2D eigenvalue weighted by atomic mass is 32.1. The lowest BCUT2D eigenvalue weighted by Crippen LogP contribution is -2.36. The van der Waals surface area contributed by atoms with Crippen LogP contribution in [-0.2, 0) is 14.9 Å². The Morgan fingerprint density at radius 3 is 2.89 bits per heavy atom. The van der Waals surface area contributed by atoms with Crippen molar-refractivity contribution < 1.29 is 23.7 Å². The lowest BCUT2D eigenvalue weighted by atomic mass is 9.94. The van der Waals surface area contributed by atoms with Gasteiger partial charge in [-0.2, -0.15) is 0 Å². The molecule has 1 unspecified atom stereocenters. The number of amides is 1. The van der Waals surface area contributed by atoms with Gasteiger partial charge in [0.2, 0.25) is 12.7 Å². The predicted octanol–water partition coefficient (Wildman–Crippen LogP) is 4.75. The number of methoxy groups -OCH3 is 2. The van der Waals surface area contributed by atoms with Gasteiger partial charge >= 0.3 is 0 Å². The Balaban J connectivity index is 1.26. The van der Waals surface area contributed by atoms with Gasteiger partial charge in [-0.3, -0.25) is 9.69 Å². The molecule has 1 N–H and O–H groups in total. The summed E-state index contributed by atoms with van der Waals surface area (Å²) in [4.78, 5) is 21.7. The molecule has 3 aromatic rings. The molecule has 0 spiro atoms. The van der Waals surface area contributed by atoms with E-state index < -0.39 is 5.41 Å². The zero-order chi connectivity index (χ0) is 25.4. The van der Waals surface area contributed by atoms with Gasteiger partial charge in [-0.15, -0.1) is 0 Å². The highest BCUT2D eigenvalue weighted by molar-refractivity contribution is 7.15. The second-order valence-corrected chi connectivity index (χ2v) is 10.9. The molecule has 8 nitrogen and oxygen atoms in total. The molecule has 1 saturated heterocycles. The normalized spacial score (nSPS) is 20.5. The molecule has 1 aromatic heterocycles. The Hall–Kier alpha value is -3.14. The number of carbonyl (C=O) groups excluding carboxylic acids is 1. The summed E-state index contributed by atoms with van der Waals surface area (Å²) in [5.74, 6) is 2.22. The van der Waals surface area contributed by atoms with Crippen molar-refractivity contribution >= 4 is 22.4 Å². The van der Waals surface area contributed by atoms with Crippen LogP contribution >= 0.6 is 11.3 Å². The van der Waals surface area contributed by atoms with E-state index in [1.54, 1.807) is 14.2 Å². The standard InChI is InChI=1S/C28H31N3O5S/c1-33-16-20-6-4-12-31(20)25(18-5-3-7-21(13-18)34-2)24-15-29-27(37-24)30-26(32)28(10-11-28)19-8-9-22-23(14-19)36-17-35-22/h3,5,7-9,13-15,20,25H,4,6,10-12,16-17H2,1-2H3,(H,29,30,32)/t20-,25?/m0/s1. The number of rotatable bonds is 9. The monoisotopic (exact) mass is 521 g/mol. The molecular formula is C28H31N3O5S. The summed E-state index contributed by atoms with van der Waals surface area (Å²) in [7, 11) is 3.44. The quantitative estimate of drug-likeness (QED) is 0.435. The maximum Gasteiger partial charge on any atom is 0.236 e. The summed E-state index contributed by atoms with van der Waals surface area (Å²) in [5, 5.41) is 3.73. The van der Waals surface area contributed by atoms with Crippen molar-refractivity contribution in [1.29, 1.82) is 0 Å². The summed E-state index contributed by atoms with van der Waals surface area (Å²) < 4.78 is 22.0. The Labute approximate surface area is 220 Å². The number of carbonyl (C=O) groups is 1. The SMILES string of the molecule is COC[C@@H]1CCCN1C(c1cccc(OC)c1)c1cnc(NC(=O)C2(c3ccc4c(c3)OCO4)CC2)s1. The number of nitrogens with one attached hydrogen (secondary N) is 1. The third-order valence-electron chi connectivity index (χ3n) is 7.65. The van der Waals surface area contributed by atoms with E-state index in [4.69, 9.17) is 18.9 Å². The minimum atomic E-state index is -0.544. The number of aromatic nitrogens is 1. The number of benzene rings is 2. The van der Waals surface area contributed by atoms with E-state index in [-0.39, 0.29) is 18.7 Å². The molecule has 9 heteroatoms. The number of hydrogen-bond donors (Lipinski definition) is 1. The number of ether oxygens (including phenoxy) is 4. The second-order valence-electron chi connectivity index (χ2n) is 9.84. The van der Waals surface area contributed by atoms with E-state index in [0.717, 1.165) is 59.7 Å². The molecule has 3 heterocycles. The van der Waals surface area contributed by atoms with Crippen LogP contribution in [0.4, 0.5) is 5.13 Å². The summed E-state index contributed by atoms with van der Waals surface area (Å²) in [5.41, 5.74) is 1.56. The van der Waals surface area contributed by atoms with Crippen LogP contribution in [0.15, 0.2) is 48.7 Å². The first-order valence-electron chi connectivity index (χ1n) is 12.7. The third-order valence-corrected chi connectivity index (χ3v) is 8.61. The summed E-state index contributed by atoms with van der Waals surface area (Å²) >= 11 is 1.53. The number of thiazole rings is 1. The maximum atomic E-state index is 13.5. The van der Waals surface area contributed by atoms with Crippen molar-refractivity contribution in [2.75, 3.05) is 39.5 Å². The molecule has 194 valence electrons. The van der Waals surface area contributed by atoms with Gasteiger partial charge in [-0.25, -0.2) is 4.98 Å². The lowest BCUT2D eigenvalue weighted by molar-refractivity contribution is -0.118. The van der Waals surface area contributed by atoms with Gasteiger partial charge in [-0.1, -0.05) is 29.5 Å². The molecule has 2 aromatic carbocycles. The summed E-state index contributed by atoms with van der Waals surface area (Å²) in [6, 6.07) is 14.3. The topological polar surface area (TPSA) is 82.2 Å². The van der Waals surface area contributed by atoms with E-state index >= 15 is 0 Å². The van der Waals surface area contributed by atoms with Gasteiger partial charge < -0.3 is 24.3 Å². The van der Waals surface area contributed by atoms with Crippen molar-refractivity contribution in [2.24, 2.45) is 0 Å². The smallest absolute Gasteiger partial charge is 0.236 e. The molecule has 3 aliphatic rings. The maximum absolute atomic E-state index is 13.5. The van der Waals surface area contributed by atoms with Crippen LogP contribution in [0.3, 0.4) is 0 Å². The minimum absolute atomic E-state index is 0.00430. The molecule has 37 heavy (non-hydrogen) atoms. The highest BCUT2D eigenvalue weighted by Gasteiger charge is 2.52. The fourth-order valence-electron chi connectivity index (χ4n) is 5.55. The molecule has 0 radical (unpaired) electrons. The molecule has 1 saturated carbocycles. The average molecular weight is 522 g/mol. The molecule has 2 fully saturated rings. The van der Waals surface area contributed by atoms with Crippen molar-refractivity contribution in [3.05, 3.63) is 64.7 Å². The molecule has 2 atom stereocenters. The second kappa shape index (κ2) is 9.96. The predicted molar refractivity (Wildman–Crippen MR) is 141 cm³/mol. The van der Waals surface area contributed by atoms with Crippen LogP contribution in [-0.4, -0.2) is 56.0 Å². The van der Waals surface area contributed by atoms with Crippen molar-refractivity contribution in [1.82, 2.24) is 9.88 Å². The highest BCUT2D eigenvalue weighted by Crippen LogP contribution is 2.51. The molecule has 1 aliphatic carbocycles. The number of nitrogens with zero attached hydrogens (tertiary/aromatic N) is 2. The van der Waals surface area contributed by atoms with Gasteiger partial charge in [0.15, 0.2) is 16.6 Å². The van der Waals surface area contributed by atoms with E-state index in [0.29, 0.717) is 23.5 Å². The Bertz CT molecular complexity index is 1290. The molecule has 0 bridgehead atoms. The first-order chi connectivity index (χ1) is 18.1. The van der Waals surface area contributed by atoms with E-state index in [1.807, 2.05) is 36.5 Å². The first-order valence-corrected chi connectivity index (χ1v) is 13.5. The number of hydrogen-bond acceptors (Lipinski definition) is 8. The van der Waals surface area contributed by atoms with Crippen molar-refractivity contribution in [3.63, 3.8) is 0 Å². The van der Waals surface area contributed by atoms with Crippen molar-refractivity contribution in [3.8, 4) is 17.2 Å². The lowest BCUT2D eigenvalue weighted by Gasteiger charge is -2.32. The fraction of sp³-hybridized carbons (Fsp3) is 0.429. The van der Waals surface area contributed by atoms with Crippen LogP contribution in [0.2, 0.25) is 0 Å². The third kappa shape index (κ3) is 4.56. The van der Waals surface area contributed by atoms with Gasteiger partial charge in [0.1, 0.15) is 5.75 Å². The van der Waals surface area contributed by atoms with Crippen LogP contribution in [0.1, 0.15) is 47.7 Å². The van der Waals surface area contributed by atoms with E-state index in [9.17, 15) is 4.79 Å². The first kappa shape index (κ1) is 24.2. The Kier molecular flexibility index (Phi) is 6.52. The average Bonchev–Trinajstić information content (AvgIpc) is 3.22. The summed E-state index contributed by atoms with van der Waals surface area (Å²) in [6.45, 7) is 1.88. The van der Waals surface area contributed by atoms with Crippen LogP contribution in [0, 0.1) is 0 Å². The number of likely N-dealkylation sites (tertiary alicyclic amines) is 1. The Morgan fingerprint density at radius 1 is 1.22 bits per heavy atom. The number of fused-ring (bicyclic) bond motifs is 1. The molecule has 6 rings (SSSR count). The zero-order valence-corrected chi connectivity index (χ0v) is 21.9. The number of anilines is 1. The largest absolute Gasteiger partial charge is 0.497 e. The van der Waals surface area contributed by atoms with E-state index in [2.05, 4.69) is 27.3 Å². The van der Waals surface area contributed by atoms with Gasteiger partial charge in [-0.05, 0) is 67.6 Å². The molecule has 2 aliphatic heterocycles. The van der Waals surface area contributed by atoms with E-state index in [1.165, 1.54) is 11.3 Å². The fourth-order valence-corrected chi connectivity index (χ4v) is 6.51. The molecule has 1 amide bonds. The van der Waals surface area contributed by atoms with Gasteiger partial charge in [0.25, 0.3) is 0 Å². The molecular weight excluding hydrogens is 490 g/mol. The van der Waals surface area contributed by atoms with Gasteiger partial charge in [0, 0.05) is 24.2 Å². The summed E-state index contributed by atoms with van der Waals surface area (Å²) in [6.07, 6.45) is 5.71. The van der Waals surface area contributed by atoms with Crippen molar-refractivity contribution in [2.45, 2.75) is 43.2 Å². The van der Waals surface area contributed by atoms with Crippen LogP contribution < -0.4 is 19.5 Å². The zero-order valence-electron chi connectivity index (χ0n) is 21.1. The van der Waals surface area contributed by atoms with Crippen LogP contribution in [0.25, 0.3) is 0 Å². The van der Waals surface area contributed by atoms with Crippen LogP contribution in [0.5, 0.6) is 17.2 Å².